The summed E-state index contributed by atoms with van der Waals surface area (Å²) in [6.07, 6.45) is 2.30. The number of rotatable bonds is 3. The molecule has 120 valence electrons. The van der Waals surface area contributed by atoms with Gasteiger partial charge in [-0.15, -0.1) is 0 Å². The van der Waals surface area contributed by atoms with Crippen LogP contribution in [0.5, 0.6) is 0 Å². The molecule has 23 heavy (non-hydrogen) atoms. The van der Waals surface area contributed by atoms with Crippen LogP contribution >= 0.6 is 0 Å². The molecule has 2 saturated heterocycles. The fourth-order valence-electron chi connectivity index (χ4n) is 3.54. The van der Waals surface area contributed by atoms with Crippen LogP contribution in [0.15, 0.2) is 40.9 Å². The van der Waals surface area contributed by atoms with Gasteiger partial charge in [0.15, 0.2) is 0 Å². The summed E-state index contributed by atoms with van der Waals surface area (Å²) in [7, 11) is 0. The molecule has 2 unspecified atom stereocenters. The average Bonchev–Trinajstić information content (AvgIpc) is 3.21. The molecule has 0 radical (unpaired) electrons. The van der Waals surface area contributed by atoms with Gasteiger partial charge in [-0.1, -0.05) is 37.3 Å². The topological polar surface area (TPSA) is 55.6 Å². The third kappa shape index (κ3) is 2.65. The molecule has 0 bridgehead atoms. The van der Waals surface area contributed by atoms with Crippen molar-refractivity contribution in [2.24, 2.45) is 11.3 Å². The van der Waals surface area contributed by atoms with Crippen LogP contribution in [0, 0.1) is 11.3 Å². The molecule has 1 aromatic carbocycles. The van der Waals surface area contributed by atoms with E-state index in [1.54, 1.807) is 6.20 Å². The highest BCUT2D eigenvalue weighted by Crippen LogP contribution is 2.41. The molecule has 2 fully saturated rings. The van der Waals surface area contributed by atoms with Crippen LogP contribution < -0.4 is 0 Å². The van der Waals surface area contributed by atoms with Gasteiger partial charge in [0.05, 0.1) is 19.4 Å². The minimum Gasteiger partial charge on any atom is -0.437 e. The van der Waals surface area contributed by atoms with Gasteiger partial charge in [0.25, 0.3) is 5.89 Å². The lowest BCUT2D eigenvalue weighted by atomic mass is 9.83. The van der Waals surface area contributed by atoms with Gasteiger partial charge < -0.3 is 14.1 Å². The fourth-order valence-corrected chi connectivity index (χ4v) is 3.54. The summed E-state index contributed by atoms with van der Waals surface area (Å²) in [4.78, 5) is 18.7. The Labute approximate surface area is 135 Å². The number of oxazole rings is 1. The van der Waals surface area contributed by atoms with Crippen LogP contribution in [-0.4, -0.2) is 42.1 Å². The Morgan fingerprint density at radius 2 is 2.22 bits per heavy atom. The standard InChI is InChI=1S/C18H20N2O3/c1-18-11-20(9-14(18)10-22-12-18)17(21)16-19-8-15(23-16)7-13-5-3-2-4-6-13/h2-6,8,14H,7,9-12H2,1H3. The first-order valence-corrected chi connectivity index (χ1v) is 8.00. The van der Waals surface area contributed by atoms with Crippen LogP contribution in [0.1, 0.15) is 28.9 Å². The van der Waals surface area contributed by atoms with Crippen LogP contribution in [0.4, 0.5) is 0 Å². The predicted molar refractivity (Wildman–Crippen MR) is 84.1 cm³/mol. The highest BCUT2D eigenvalue weighted by atomic mass is 16.5. The van der Waals surface area contributed by atoms with Crippen molar-refractivity contribution >= 4 is 5.91 Å². The number of ether oxygens (including phenoxy) is 1. The Balaban J connectivity index is 1.46. The van der Waals surface area contributed by atoms with Gasteiger partial charge in [0.1, 0.15) is 5.76 Å². The first-order chi connectivity index (χ1) is 11.1. The maximum Gasteiger partial charge on any atom is 0.309 e. The van der Waals surface area contributed by atoms with Crippen molar-refractivity contribution in [1.29, 1.82) is 0 Å². The maximum atomic E-state index is 12.6. The van der Waals surface area contributed by atoms with Gasteiger partial charge >= 0.3 is 5.91 Å². The van der Waals surface area contributed by atoms with Crippen molar-refractivity contribution in [2.45, 2.75) is 13.3 Å². The summed E-state index contributed by atoms with van der Waals surface area (Å²) in [6.45, 7) is 5.10. The molecule has 4 rings (SSSR count). The van der Waals surface area contributed by atoms with E-state index in [0.29, 0.717) is 24.6 Å². The zero-order valence-electron chi connectivity index (χ0n) is 13.2. The monoisotopic (exact) mass is 312 g/mol. The molecule has 0 aliphatic carbocycles. The molecule has 2 aromatic rings. The molecule has 5 heteroatoms. The molecule has 0 saturated carbocycles. The zero-order valence-corrected chi connectivity index (χ0v) is 13.2. The number of carbonyl (C=O) groups excluding carboxylic acids is 1. The Kier molecular flexibility index (Phi) is 3.45. The SMILES string of the molecule is CC12COCC1CN(C(=O)c1ncc(Cc3ccccc3)o1)C2. The van der Waals surface area contributed by atoms with Gasteiger partial charge in [0.2, 0.25) is 0 Å². The van der Waals surface area contributed by atoms with E-state index >= 15 is 0 Å². The van der Waals surface area contributed by atoms with Gasteiger partial charge in [-0.2, -0.15) is 0 Å². The number of nitrogens with zero attached hydrogens (tertiary/aromatic N) is 2. The first kappa shape index (κ1) is 14.5. The number of likely N-dealkylation sites (tertiary alicyclic amines) is 1. The normalized spacial score (nSPS) is 26.5. The van der Waals surface area contributed by atoms with Crippen LogP contribution in [0.25, 0.3) is 0 Å². The van der Waals surface area contributed by atoms with E-state index in [1.807, 2.05) is 35.2 Å². The molecule has 2 atom stereocenters. The second-order valence-corrected chi connectivity index (χ2v) is 6.85. The minimum atomic E-state index is -0.111. The van der Waals surface area contributed by atoms with E-state index in [-0.39, 0.29) is 17.2 Å². The van der Waals surface area contributed by atoms with Crippen molar-refractivity contribution in [1.82, 2.24) is 9.88 Å². The molecular formula is C18H20N2O3. The number of amides is 1. The van der Waals surface area contributed by atoms with Crippen molar-refractivity contribution in [3.63, 3.8) is 0 Å². The lowest BCUT2D eigenvalue weighted by Gasteiger charge is -2.20. The summed E-state index contributed by atoms with van der Waals surface area (Å²) in [6, 6.07) is 10.0. The van der Waals surface area contributed by atoms with Gasteiger partial charge in [-0.25, -0.2) is 4.98 Å². The third-order valence-corrected chi connectivity index (χ3v) is 4.97. The lowest BCUT2D eigenvalue weighted by molar-refractivity contribution is 0.0688. The zero-order chi connectivity index (χ0) is 15.9. The Bertz CT molecular complexity index is 712. The van der Waals surface area contributed by atoms with Crippen LogP contribution in [-0.2, 0) is 11.2 Å². The van der Waals surface area contributed by atoms with Gasteiger partial charge in [-0.3, -0.25) is 4.79 Å². The van der Waals surface area contributed by atoms with Crippen molar-refractivity contribution in [3.05, 3.63) is 53.7 Å². The van der Waals surface area contributed by atoms with E-state index in [4.69, 9.17) is 9.15 Å². The number of carbonyl (C=O) groups is 1. The number of hydrogen-bond donors (Lipinski definition) is 0. The van der Waals surface area contributed by atoms with Gasteiger partial charge in [-0.05, 0) is 5.56 Å². The second-order valence-electron chi connectivity index (χ2n) is 6.85. The maximum absolute atomic E-state index is 12.6. The molecule has 2 aliphatic rings. The third-order valence-electron chi connectivity index (χ3n) is 4.97. The van der Waals surface area contributed by atoms with E-state index in [2.05, 4.69) is 11.9 Å². The minimum absolute atomic E-state index is 0.0785. The molecule has 5 nitrogen and oxygen atoms in total. The van der Waals surface area contributed by atoms with Crippen molar-refractivity contribution in [2.75, 3.05) is 26.3 Å². The molecule has 2 aliphatic heterocycles. The van der Waals surface area contributed by atoms with Crippen LogP contribution in [0.3, 0.4) is 0 Å². The predicted octanol–water partition coefficient (Wildman–Crippen LogP) is 2.37. The second kappa shape index (κ2) is 5.49. The summed E-state index contributed by atoms with van der Waals surface area (Å²) in [5.41, 5.74) is 1.22. The van der Waals surface area contributed by atoms with Crippen molar-refractivity contribution < 1.29 is 13.9 Å². The molecule has 3 heterocycles. The summed E-state index contributed by atoms with van der Waals surface area (Å²) < 4.78 is 11.2. The lowest BCUT2D eigenvalue weighted by Crippen LogP contribution is -2.32. The molecule has 1 amide bonds. The van der Waals surface area contributed by atoms with E-state index < -0.39 is 0 Å². The molecule has 0 N–H and O–H groups in total. The molecule has 0 spiro atoms. The van der Waals surface area contributed by atoms with E-state index in [0.717, 1.165) is 25.3 Å². The van der Waals surface area contributed by atoms with Crippen molar-refractivity contribution in [3.8, 4) is 0 Å². The Morgan fingerprint density at radius 3 is 3.00 bits per heavy atom. The summed E-state index contributed by atoms with van der Waals surface area (Å²) in [5.74, 6) is 1.22. The molecule has 1 aromatic heterocycles. The highest BCUT2D eigenvalue weighted by molar-refractivity contribution is 5.90. The molecular weight excluding hydrogens is 292 g/mol. The van der Waals surface area contributed by atoms with E-state index in [1.165, 1.54) is 0 Å². The Morgan fingerprint density at radius 1 is 1.39 bits per heavy atom. The quantitative estimate of drug-likeness (QED) is 0.873. The average molecular weight is 312 g/mol. The first-order valence-electron chi connectivity index (χ1n) is 8.00. The Hall–Kier alpha value is -2.14. The smallest absolute Gasteiger partial charge is 0.309 e. The van der Waals surface area contributed by atoms with Crippen LogP contribution in [0.2, 0.25) is 0 Å². The fraction of sp³-hybridized carbons (Fsp3) is 0.444. The number of benzene rings is 1. The highest BCUT2D eigenvalue weighted by Gasteiger charge is 2.49. The van der Waals surface area contributed by atoms with E-state index in [9.17, 15) is 4.79 Å². The summed E-state index contributed by atoms with van der Waals surface area (Å²) in [5, 5.41) is 0. The number of fused-ring (bicyclic) bond motifs is 1. The van der Waals surface area contributed by atoms with Gasteiger partial charge in [0, 0.05) is 30.8 Å². The number of aromatic nitrogens is 1. The number of hydrogen-bond acceptors (Lipinski definition) is 4. The summed E-state index contributed by atoms with van der Waals surface area (Å²) >= 11 is 0. The largest absolute Gasteiger partial charge is 0.437 e.